The lowest BCUT2D eigenvalue weighted by molar-refractivity contribution is 0.0525. The van der Waals surface area contributed by atoms with E-state index >= 15 is 0 Å². The Morgan fingerprint density at radius 3 is 2.67 bits per heavy atom. The molecule has 1 aromatic rings. The molecule has 3 nitrogen and oxygen atoms in total. The number of carbonyl (C=O) groups excluding carboxylic acids is 1. The molecule has 0 radical (unpaired) electrons. The molecule has 0 heterocycles. The number of ether oxygens (including phenoxy) is 2. The number of methoxy groups -OCH3 is 1. The smallest absolute Gasteiger partial charge is 0.338 e. The molecule has 0 aliphatic heterocycles. The normalized spacial score (nSPS) is 9.87. The quantitative estimate of drug-likeness (QED) is 0.747. The van der Waals surface area contributed by atoms with E-state index in [0.717, 1.165) is 0 Å². The molecule has 15 heavy (non-hydrogen) atoms. The Morgan fingerprint density at radius 2 is 2.13 bits per heavy atom. The number of rotatable bonds is 3. The van der Waals surface area contributed by atoms with Gasteiger partial charge in [0, 0.05) is 5.56 Å². The van der Waals surface area contributed by atoms with Crippen LogP contribution in [0.2, 0.25) is 5.02 Å². The molecule has 0 aliphatic carbocycles. The van der Waals surface area contributed by atoms with Crippen LogP contribution in [0.25, 0.3) is 0 Å². The Labute approximate surface area is 93.9 Å². The highest BCUT2D eigenvalue weighted by molar-refractivity contribution is 6.32. The van der Waals surface area contributed by atoms with Gasteiger partial charge in [-0.3, -0.25) is 0 Å². The van der Waals surface area contributed by atoms with E-state index < -0.39 is 0 Å². The van der Waals surface area contributed by atoms with Gasteiger partial charge in [0.2, 0.25) is 0 Å². The number of esters is 1. The average Bonchev–Trinajstić information content (AvgIpc) is 2.18. The minimum Gasteiger partial charge on any atom is -0.495 e. The number of carbonyl (C=O) groups is 1. The van der Waals surface area contributed by atoms with Gasteiger partial charge in [0.25, 0.3) is 0 Å². The topological polar surface area (TPSA) is 35.5 Å². The Hall–Kier alpha value is -1.22. The summed E-state index contributed by atoms with van der Waals surface area (Å²) in [5, 5.41) is 0.489. The zero-order valence-electron chi connectivity index (χ0n) is 8.96. The summed E-state index contributed by atoms with van der Waals surface area (Å²) in [5.74, 6) is 0.159. The van der Waals surface area contributed by atoms with Crippen molar-refractivity contribution in [1.29, 1.82) is 0 Å². The van der Waals surface area contributed by atoms with Crippen molar-refractivity contribution < 1.29 is 14.3 Å². The molecule has 1 aromatic carbocycles. The molecule has 0 saturated heterocycles. The van der Waals surface area contributed by atoms with E-state index in [0.29, 0.717) is 28.5 Å². The van der Waals surface area contributed by atoms with Crippen molar-refractivity contribution in [2.24, 2.45) is 0 Å². The minimum atomic E-state index is -0.357. The lowest BCUT2D eigenvalue weighted by Crippen LogP contribution is -2.07. The van der Waals surface area contributed by atoms with Crippen LogP contribution in [-0.4, -0.2) is 19.7 Å². The van der Waals surface area contributed by atoms with Crippen LogP contribution in [-0.2, 0) is 4.74 Å². The van der Waals surface area contributed by atoms with E-state index in [1.165, 1.54) is 7.11 Å². The van der Waals surface area contributed by atoms with Crippen LogP contribution in [0.1, 0.15) is 22.8 Å². The van der Waals surface area contributed by atoms with Crippen LogP contribution in [0.5, 0.6) is 5.75 Å². The monoisotopic (exact) mass is 228 g/mol. The van der Waals surface area contributed by atoms with Gasteiger partial charge in [-0.15, -0.1) is 0 Å². The molecule has 0 saturated carbocycles. The molecule has 82 valence electrons. The molecule has 0 spiro atoms. The molecular weight excluding hydrogens is 216 g/mol. The van der Waals surface area contributed by atoms with Gasteiger partial charge in [-0.1, -0.05) is 11.6 Å². The van der Waals surface area contributed by atoms with Crippen molar-refractivity contribution in [1.82, 2.24) is 0 Å². The standard InChI is InChI=1S/C11H13ClO3/c1-4-15-11(13)8-5-6-9(12)10(14-3)7(8)2/h5-6H,4H2,1-3H3. The predicted molar refractivity (Wildman–Crippen MR) is 58.7 cm³/mol. The van der Waals surface area contributed by atoms with Gasteiger partial charge in [-0.05, 0) is 26.0 Å². The number of halogens is 1. The molecule has 0 bridgehead atoms. The Balaban J connectivity index is 3.15. The average molecular weight is 229 g/mol. The SMILES string of the molecule is CCOC(=O)c1ccc(Cl)c(OC)c1C. The molecular formula is C11H13ClO3. The maximum atomic E-state index is 11.5. The minimum absolute atomic E-state index is 0.350. The Bertz CT molecular complexity index is 374. The summed E-state index contributed by atoms with van der Waals surface area (Å²) in [6.07, 6.45) is 0. The van der Waals surface area contributed by atoms with Gasteiger partial charge in [0.05, 0.1) is 24.3 Å². The lowest BCUT2D eigenvalue weighted by atomic mass is 10.1. The second-order valence-corrected chi connectivity index (χ2v) is 3.38. The first kappa shape index (κ1) is 11.9. The van der Waals surface area contributed by atoms with Crippen LogP contribution in [0.15, 0.2) is 12.1 Å². The molecule has 1 rings (SSSR count). The first-order valence-electron chi connectivity index (χ1n) is 4.62. The number of hydrogen-bond donors (Lipinski definition) is 0. The van der Waals surface area contributed by atoms with Crippen molar-refractivity contribution >= 4 is 17.6 Å². The summed E-state index contributed by atoms with van der Waals surface area (Å²) in [7, 11) is 1.52. The van der Waals surface area contributed by atoms with Crippen molar-refractivity contribution in [3.63, 3.8) is 0 Å². The maximum absolute atomic E-state index is 11.5. The van der Waals surface area contributed by atoms with Crippen LogP contribution in [0, 0.1) is 6.92 Å². The largest absolute Gasteiger partial charge is 0.495 e. The zero-order valence-corrected chi connectivity index (χ0v) is 9.72. The third kappa shape index (κ3) is 2.42. The van der Waals surface area contributed by atoms with Gasteiger partial charge in [-0.2, -0.15) is 0 Å². The number of hydrogen-bond acceptors (Lipinski definition) is 3. The molecule has 4 heteroatoms. The van der Waals surface area contributed by atoms with E-state index in [1.54, 1.807) is 26.0 Å². The van der Waals surface area contributed by atoms with Crippen molar-refractivity contribution in [3.8, 4) is 5.75 Å². The predicted octanol–water partition coefficient (Wildman–Crippen LogP) is 2.83. The summed E-state index contributed by atoms with van der Waals surface area (Å²) < 4.78 is 10.0. The Kier molecular flexibility index (Phi) is 3.97. The molecule has 0 unspecified atom stereocenters. The Morgan fingerprint density at radius 1 is 1.47 bits per heavy atom. The highest BCUT2D eigenvalue weighted by atomic mass is 35.5. The highest BCUT2D eigenvalue weighted by Crippen LogP contribution is 2.30. The van der Waals surface area contributed by atoms with E-state index in [2.05, 4.69) is 0 Å². The summed E-state index contributed by atoms with van der Waals surface area (Å²) in [4.78, 5) is 11.5. The fraction of sp³-hybridized carbons (Fsp3) is 0.364. The molecule has 0 amide bonds. The van der Waals surface area contributed by atoms with Crippen LogP contribution >= 0.6 is 11.6 Å². The second-order valence-electron chi connectivity index (χ2n) is 2.97. The zero-order chi connectivity index (χ0) is 11.4. The van der Waals surface area contributed by atoms with E-state index in [9.17, 15) is 4.79 Å². The first-order valence-corrected chi connectivity index (χ1v) is 4.99. The number of benzene rings is 1. The molecule has 0 N–H and O–H groups in total. The van der Waals surface area contributed by atoms with Gasteiger partial charge in [0.1, 0.15) is 5.75 Å². The van der Waals surface area contributed by atoms with E-state index in [-0.39, 0.29) is 5.97 Å². The summed E-state index contributed by atoms with van der Waals surface area (Å²) in [6.45, 7) is 3.89. The lowest BCUT2D eigenvalue weighted by Gasteiger charge is -2.10. The fourth-order valence-electron chi connectivity index (χ4n) is 1.34. The summed E-state index contributed by atoms with van der Waals surface area (Å²) in [6, 6.07) is 3.26. The second kappa shape index (κ2) is 5.03. The molecule has 0 fully saturated rings. The van der Waals surface area contributed by atoms with Crippen LogP contribution in [0.3, 0.4) is 0 Å². The first-order chi connectivity index (χ1) is 7.11. The van der Waals surface area contributed by atoms with Crippen molar-refractivity contribution in [2.45, 2.75) is 13.8 Å². The van der Waals surface area contributed by atoms with E-state index in [4.69, 9.17) is 21.1 Å². The fourth-order valence-corrected chi connectivity index (χ4v) is 1.62. The molecule has 0 aromatic heterocycles. The van der Waals surface area contributed by atoms with Crippen molar-refractivity contribution in [3.05, 3.63) is 28.3 Å². The molecule has 0 aliphatic rings. The third-order valence-corrected chi connectivity index (χ3v) is 2.35. The van der Waals surface area contributed by atoms with E-state index in [1.807, 2.05) is 0 Å². The van der Waals surface area contributed by atoms with Gasteiger partial charge >= 0.3 is 5.97 Å². The molecule has 0 atom stereocenters. The highest BCUT2D eigenvalue weighted by Gasteiger charge is 2.15. The third-order valence-electron chi connectivity index (χ3n) is 2.06. The van der Waals surface area contributed by atoms with Gasteiger partial charge < -0.3 is 9.47 Å². The van der Waals surface area contributed by atoms with Crippen LogP contribution < -0.4 is 4.74 Å². The van der Waals surface area contributed by atoms with Gasteiger partial charge in [0.15, 0.2) is 0 Å². The van der Waals surface area contributed by atoms with Crippen molar-refractivity contribution in [2.75, 3.05) is 13.7 Å². The van der Waals surface area contributed by atoms with Gasteiger partial charge in [-0.25, -0.2) is 4.79 Å². The van der Waals surface area contributed by atoms with Crippen LogP contribution in [0.4, 0.5) is 0 Å². The summed E-state index contributed by atoms with van der Waals surface area (Å²) >= 11 is 5.91. The maximum Gasteiger partial charge on any atom is 0.338 e. The summed E-state index contributed by atoms with van der Waals surface area (Å²) in [5.41, 5.74) is 1.18.